The number of aliphatic imine (C=N–C) groups is 1. The topological polar surface area (TPSA) is 74.8 Å². The molecule has 0 unspecified atom stereocenters. The third-order valence-electron chi connectivity index (χ3n) is 2.78. The predicted octanol–water partition coefficient (Wildman–Crippen LogP) is 3.25. The van der Waals surface area contributed by atoms with Crippen LogP contribution < -0.4 is 16.0 Å². The van der Waals surface area contributed by atoms with Gasteiger partial charge in [0, 0.05) is 24.5 Å². The third kappa shape index (κ3) is 9.96. The summed E-state index contributed by atoms with van der Waals surface area (Å²) in [6, 6.07) is 2.10. The van der Waals surface area contributed by atoms with Gasteiger partial charge >= 0.3 is 6.09 Å². The van der Waals surface area contributed by atoms with E-state index in [1.807, 2.05) is 27.7 Å². The van der Waals surface area contributed by atoms with Crippen molar-refractivity contribution < 1.29 is 9.53 Å². The molecule has 0 atom stereocenters. The molecule has 0 fully saturated rings. The molecule has 0 saturated heterocycles. The zero-order chi connectivity index (χ0) is 17.3. The molecule has 1 rings (SSSR count). The van der Waals surface area contributed by atoms with Gasteiger partial charge in [0.1, 0.15) is 5.60 Å². The zero-order valence-electron chi connectivity index (χ0n) is 15.1. The average Bonchev–Trinajstić information content (AvgIpc) is 2.84. The van der Waals surface area contributed by atoms with Crippen LogP contribution in [-0.2, 0) is 11.3 Å². The van der Waals surface area contributed by atoms with Crippen LogP contribution in [0.5, 0.6) is 0 Å². The summed E-state index contributed by atoms with van der Waals surface area (Å²) in [5, 5.41) is 11.2. The van der Waals surface area contributed by atoms with Crippen molar-refractivity contribution in [2.75, 3.05) is 19.6 Å². The normalized spacial score (nSPS) is 11.5. The molecule has 1 heterocycles. The van der Waals surface area contributed by atoms with Gasteiger partial charge in [0.15, 0.2) is 5.96 Å². The van der Waals surface area contributed by atoms with E-state index in [1.165, 1.54) is 10.4 Å². The lowest BCUT2D eigenvalue weighted by Crippen LogP contribution is -2.42. The summed E-state index contributed by atoms with van der Waals surface area (Å²) in [7, 11) is 0. The predicted molar refractivity (Wildman–Crippen MR) is 112 cm³/mol. The van der Waals surface area contributed by atoms with E-state index in [1.54, 1.807) is 11.3 Å². The molecular weight excluding hydrogens is 439 g/mol. The Morgan fingerprint density at radius 2 is 1.92 bits per heavy atom. The Labute approximate surface area is 165 Å². The SMILES string of the molecule is CCNC(=NCc1sccc1C)NCCNC(=O)OC(C)(C)C.I. The van der Waals surface area contributed by atoms with Gasteiger partial charge in [-0.25, -0.2) is 9.79 Å². The van der Waals surface area contributed by atoms with Crippen LogP contribution in [0, 0.1) is 6.92 Å². The van der Waals surface area contributed by atoms with Crippen molar-refractivity contribution in [3.8, 4) is 0 Å². The summed E-state index contributed by atoms with van der Waals surface area (Å²) >= 11 is 1.71. The van der Waals surface area contributed by atoms with E-state index in [0.29, 0.717) is 19.6 Å². The number of carbonyl (C=O) groups is 1. The highest BCUT2D eigenvalue weighted by molar-refractivity contribution is 14.0. The van der Waals surface area contributed by atoms with Gasteiger partial charge in [-0.3, -0.25) is 0 Å². The van der Waals surface area contributed by atoms with Gasteiger partial charge in [0.2, 0.25) is 0 Å². The minimum Gasteiger partial charge on any atom is -0.444 e. The fourth-order valence-corrected chi connectivity index (χ4v) is 2.55. The maximum atomic E-state index is 11.5. The number of ether oxygens (including phenoxy) is 1. The lowest BCUT2D eigenvalue weighted by molar-refractivity contribution is 0.0529. The smallest absolute Gasteiger partial charge is 0.407 e. The molecule has 8 heteroatoms. The van der Waals surface area contributed by atoms with Crippen LogP contribution in [0.2, 0.25) is 0 Å². The number of hydrogen-bond acceptors (Lipinski definition) is 4. The van der Waals surface area contributed by atoms with Crippen LogP contribution in [0.25, 0.3) is 0 Å². The van der Waals surface area contributed by atoms with Crippen molar-refractivity contribution in [2.24, 2.45) is 4.99 Å². The summed E-state index contributed by atoms with van der Waals surface area (Å²) in [6.07, 6.45) is -0.407. The van der Waals surface area contributed by atoms with Crippen LogP contribution in [0.1, 0.15) is 38.1 Å². The second kappa shape index (κ2) is 11.5. The molecule has 3 N–H and O–H groups in total. The number of thiophene rings is 1. The van der Waals surface area contributed by atoms with Gasteiger partial charge in [-0.15, -0.1) is 35.3 Å². The van der Waals surface area contributed by atoms with E-state index in [4.69, 9.17) is 4.74 Å². The Bertz CT molecular complexity index is 526. The Balaban J connectivity index is 0.00000529. The van der Waals surface area contributed by atoms with E-state index in [9.17, 15) is 4.79 Å². The molecule has 0 bridgehead atoms. The summed E-state index contributed by atoms with van der Waals surface area (Å²) in [6.45, 7) is 12.1. The molecule has 0 radical (unpaired) electrons. The average molecular weight is 468 g/mol. The van der Waals surface area contributed by atoms with Gasteiger partial charge in [0.25, 0.3) is 0 Å². The lowest BCUT2D eigenvalue weighted by atomic mass is 10.2. The van der Waals surface area contributed by atoms with E-state index < -0.39 is 11.7 Å². The van der Waals surface area contributed by atoms with E-state index in [0.717, 1.165) is 12.5 Å². The molecule has 1 aromatic rings. The Morgan fingerprint density at radius 1 is 1.25 bits per heavy atom. The summed E-state index contributed by atoms with van der Waals surface area (Å²) in [4.78, 5) is 17.4. The van der Waals surface area contributed by atoms with Crippen LogP contribution in [0.4, 0.5) is 4.79 Å². The van der Waals surface area contributed by atoms with Gasteiger partial charge in [0.05, 0.1) is 6.54 Å². The number of guanidine groups is 1. The number of nitrogens with one attached hydrogen (secondary N) is 3. The van der Waals surface area contributed by atoms with E-state index in [-0.39, 0.29) is 24.0 Å². The molecular formula is C16H29IN4O2S. The Morgan fingerprint density at radius 3 is 2.46 bits per heavy atom. The fourth-order valence-electron chi connectivity index (χ4n) is 1.72. The minimum absolute atomic E-state index is 0. The third-order valence-corrected chi connectivity index (χ3v) is 3.79. The second-order valence-corrected chi connectivity index (χ2v) is 7.08. The second-order valence-electron chi connectivity index (χ2n) is 6.08. The maximum absolute atomic E-state index is 11.5. The minimum atomic E-state index is -0.480. The molecule has 0 aliphatic rings. The van der Waals surface area contributed by atoms with Crippen LogP contribution in [-0.4, -0.2) is 37.3 Å². The first-order chi connectivity index (χ1) is 10.8. The first-order valence-corrected chi connectivity index (χ1v) is 8.72. The quantitative estimate of drug-likeness (QED) is 0.259. The van der Waals surface area contributed by atoms with Crippen LogP contribution in [0.15, 0.2) is 16.4 Å². The first kappa shape index (κ1) is 23.0. The summed E-state index contributed by atoms with van der Waals surface area (Å²) in [5.74, 6) is 0.742. The van der Waals surface area contributed by atoms with Crippen molar-refractivity contribution >= 4 is 47.4 Å². The molecule has 24 heavy (non-hydrogen) atoms. The molecule has 0 aromatic carbocycles. The Hall–Kier alpha value is -1.03. The molecule has 6 nitrogen and oxygen atoms in total. The fraction of sp³-hybridized carbons (Fsp3) is 0.625. The van der Waals surface area contributed by atoms with Gasteiger partial charge in [-0.1, -0.05) is 0 Å². The number of rotatable bonds is 6. The largest absolute Gasteiger partial charge is 0.444 e. The molecule has 0 aliphatic heterocycles. The number of alkyl carbamates (subject to hydrolysis) is 1. The highest BCUT2D eigenvalue weighted by atomic mass is 127. The summed E-state index contributed by atoms with van der Waals surface area (Å²) in [5.41, 5.74) is 0.785. The molecule has 1 amide bonds. The number of amides is 1. The molecule has 0 spiro atoms. The standard InChI is InChI=1S/C16H28N4O2S.HI/c1-6-17-14(20-11-13-12(2)7-10-23-13)18-8-9-19-15(21)22-16(3,4)5;/h7,10H,6,8-9,11H2,1-5H3,(H,19,21)(H2,17,18,20);1H. The number of aryl methyl sites for hydroxylation is 1. The molecule has 0 saturated carbocycles. The van der Waals surface area contributed by atoms with Gasteiger partial charge in [-0.05, 0) is 51.6 Å². The molecule has 0 aliphatic carbocycles. The van der Waals surface area contributed by atoms with Crippen molar-refractivity contribution in [2.45, 2.75) is 46.8 Å². The van der Waals surface area contributed by atoms with Gasteiger partial charge < -0.3 is 20.7 Å². The Kier molecular flexibility index (Phi) is 11.0. The highest BCUT2D eigenvalue weighted by Crippen LogP contribution is 2.16. The molecule has 1 aromatic heterocycles. The van der Waals surface area contributed by atoms with Crippen molar-refractivity contribution in [3.63, 3.8) is 0 Å². The van der Waals surface area contributed by atoms with Crippen LogP contribution >= 0.6 is 35.3 Å². The van der Waals surface area contributed by atoms with Crippen molar-refractivity contribution in [3.05, 3.63) is 21.9 Å². The van der Waals surface area contributed by atoms with Gasteiger partial charge in [-0.2, -0.15) is 0 Å². The number of nitrogens with zero attached hydrogens (tertiary/aromatic N) is 1. The maximum Gasteiger partial charge on any atom is 0.407 e. The number of carbonyl (C=O) groups excluding carboxylic acids is 1. The van der Waals surface area contributed by atoms with Crippen LogP contribution in [0.3, 0.4) is 0 Å². The molecule has 138 valence electrons. The monoisotopic (exact) mass is 468 g/mol. The number of hydrogen-bond donors (Lipinski definition) is 3. The highest BCUT2D eigenvalue weighted by Gasteiger charge is 2.15. The summed E-state index contributed by atoms with van der Waals surface area (Å²) < 4.78 is 5.18. The first-order valence-electron chi connectivity index (χ1n) is 7.84. The van der Waals surface area contributed by atoms with E-state index in [2.05, 4.69) is 39.3 Å². The zero-order valence-corrected chi connectivity index (χ0v) is 18.2. The number of halogens is 1. The van der Waals surface area contributed by atoms with E-state index >= 15 is 0 Å². The van der Waals surface area contributed by atoms with Crippen molar-refractivity contribution in [1.82, 2.24) is 16.0 Å². The van der Waals surface area contributed by atoms with Crippen molar-refractivity contribution in [1.29, 1.82) is 0 Å². The lowest BCUT2D eigenvalue weighted by Gasteiger charge is -2.19.